The van der Waals surface area contributed by atoms with E-state index >= 15 is 0 Å². The van der Waals surface area contributed by atoms with Crippen LogP contribution in [0.2, 0.25) is 0 Å². The predicted octanol–water partition coefficient (Wildman–Crippen LogP) is 5.36. The van der Waals surface area contributed by atoms with E-state index in [4.69, 9.17) is 6.57 Å². The summed E-state index contributed by atoms with van der Waals surface area (Å²) in [5, 5.41) is 4.06. The van der Waals surface area contributed by atoms with Crippen LogP contribution in [-0.4, -0.2) is 22.3 Å². The Hall–Kier alpha value is -3.01. The van der Waals surface area contributed by atoms with E-state index in [1.165, 1.54) is 5.56 Å². The molecule has 31 heavy (non-hydrogen) atoms. The summed E-state index contributed by atoms with van der Waals surface area (Å²) in [7, 11) is -1.36. The van der Waals surface area contributed by atoms with E-state index in [0.29, 0.717) is 16.4 Å². The molecule has 1 N–H and O–H groups in total. The minimum Gasteiger partial charge on any atom is -0.339 e. The number of hydrogen-bond acceptors (Lipinski definition) is 4. The summed E-state index contributed by atoms with van der Waals surface area (Å²) in [5.41, 5.74) is 6.47. The van der Waals surface area contributed by atoms with Crippen LogP contribution in [0.25, 0.3) is 4.85 Å². The minimum atomic E-state index is -1.36. The van der Waals surface area contributed by atoms with Gasteiger partial charge >= 0.3 is 0 Å². The van der Waals surface area contributed by atoms with E-state index in [-0.39, 0.29) is 0 Å². The highest BCUT2D eigenvalue weighted by Crippen LogP contribution is 2.45. The van der Waals surface area contributed by atoms with Crippen molar-refractivity contribution in [2.75, 3.05) is 18.0 Å². The molecule has 0 amide bonds. The van der Waals surface area contributed by atoms with Gasteiger partial charge < -0.3 is 10.2 Å². The first kappa shape index (κ1) is 21.2. The van der Waals surface area contributed by atoms with Crippen molar-refractivity contribution < 1.29 is 4.21 Å². The first-order chi connectivity index (χ1) is 15.0. The Labute approximate surface area is 186 Å². The molecule has 3 aromatic rings. The Morgan fingerprint density at radius 1 is 1.13 bits per heavy atom. The van der Waals surface area contributed by atoms with Crippen LogP contribution in [0.3, 0.4) is 0 Å². The van der Waals surface area contributed by atoms with Gasteiger partial charge in [-0.25, -0.2) is 9.05 Å². The number of fused-ring (bicyclic) bond motifs is 2. The summed E-state index contributed by atoms with van der Waals surface area (Å²) in [5.74, 6) is 0. The van der Waals surface area contributed by atoms with E-state index in [1.54, 1.807) is 6.92 Å². The van der Waals surface area contributed by atoms with Crippen LogP contribution in [-0.2, 0) is 17.3 Å². The van der Waals surface area contributed by atoms with Gasteiger partial charge in [0.1, 0.15) is 10.8 Å². The summed E-state index contributed by atoms with van der Waals surface area (Å²) in [6.07, 6.45) is 0.910. The van der Waals surface area contributed by atoms with Crippen LogP contribution < -0.4 is 10.2 Å². The van der Waals surface area contributed by atoms with Crippen molar-refractivity contribution >= 4 is 27.9 Å². The Morgan fingerprint density at radius 2 is 1.90 bits per heavy atom. The third kappa shape index (κ3) is 4.12. The average molecular weight is 431 g/mol. The first-order valence-corrected chi connectivity index (χ1v) is 11.6. The molecule has 1 unspecified atom stereocenters. The van der Waals surface area contributed by atoms with Crippen LogP contribution >= 0.6 is 0 Å². The standard InChI is InChI=1S/C25H26N4OS/c1-17-11-12-23-24(18(17)2)29(14-8-13-27-16-20-9-6-5-7-10-20)22-15-21(26-4)19(3)28-25(22)31(23)30/h5-7,9-12,15,27H,8,13-14,16H2,1-3H3. The van der Waals surface area contributed by atoms with Crippen LogP contribution in [0, 0.1) is 27.3 Å². The van der Waals surface area contributed by atoms with Crippen molar-refractivity contribution in [2.45, 2.75) is 43.7 Å². The van der Waals surface area contributed by atoms with Gasteiger partial charge in [-0.2, -0.15) is 0 Å². The minimum absolute atomic E-state index is 0.511. The molecule has 2 heterocycles. The molecule has 0 fully saturated rings. The summed E-state index contributed by atoms with van der Waals surface area (Å²) < 4.78 is 13.3. The van der Waals surface area contributed by atoms with Gasteiger partial charge in [0.2, 0.25) is 5.69 Å². The van der Waals surface area contributed by atoms with Crippen LogP contribution in [0.5, 0.6) is 0 Å². The molecule has 0 spiro atoms. The zero-order valence-electron chi connectivity index (χ0n) is 18.1. The molecule has 1 aliphatic heterocycles. The van der Waals surface area contributed by atoms with E-state index in [9.17, 15) is 4.21 Å². The van der Waals surface area contributed by atoms with E-state index < -0.39 is 10.8 Å². The summed E-state index contributed by atoms with van der Waals surface area (Å²) in [6.45, 7) is 15.9. The summed E-state index contributed by atoms with van der Waals surface area (Å²) in [6, 6.07) is 16.2. The number of benzene rings is 2. The highest BCUT2D eigenvalue weighted by molar-refractivity contribution is 7.85. The molecular formula is C25H26N4OS. The van der Waals surface area contributed by atoms with Gasteiger partial charge in [0.05, 0.1) is 22.8 Å². The SMILES string of the molecule is [C-]#[N+]c1cc2c(nc1C)S(=O)c1ccc(C)c(C)c1N2CCCNCc1ccccc1. The second-order valence-corrected chi connectivity index (χ2v) is 9.18. The highest BCUT2D eigenvalue weighted by Gasteiger charge is 2.31. The van der Waals surface area contributed by atoms with E-state index in [0.717, 1.165) is 53.5 Å². The lowest BCUT2D eigenvalue weighted by Crippen LogP contribution is -2.29. The molecule has 0 radical (unpaired) electrons. The largest absolute Gasteiger partial charge is 0.339 e. The first-order valence-electron chi connectivity index (χ1n) is 10.4. The van der Waals surface area contributed by atoms with Gasteiger partial charge in [-0.15, -0.1) is 0 Å². The summed E-state index contributed by atoms with van der Waals surface area (Å²) in [4.78, 5) is 11.2. The Kier molecular flexibility index (Phi) is 6.17. The van der Waals surface area contributed by atoms with E-state index in [1.807, 2.05) is 36.4 Å². The molecule has 5 nitrogen and oxygen atoms in total. The smallest absolute Gasteiger partial charge is 0.210 e. The number of anilines is 2. The number of aromatic nitrogens is 1. The third-order valence-corrected chi connectivity index (χ3v) is 7.14. The van der Waals surface area contributed by atoms with E-state index in [2.05, 4.69) is 46.0 Å². The maximum atomic E-state index is 13.3. The number of pyridine rings is 1. The van der Waals surface area contributed by atoms with Crippen molar-refractivity contribution in [3.05, 3.63) is 82.3 Å². The van der Waals surface area contributed by atoms with Crippen molar-refractivity contribution in [3.8, 4) is 0 Å². The number of hydrogen-bond donors (Lipinski definition) is 1. The highest BCUT2D eigenvalue weighted by atomic mass is 32.2. The second kappa shape index (κ2) is 9.01. The number of rotatable bonds is 6. The van der Waals surface area contributed by atoms with Crippen LogP contribution in [0.4, 0.5) is 17.1 Å². The fourth-order valence-electron chi connectivity index (χ4n) is 3.91. The molecule has 2 aromatic carbocycles. The van der Waals surface area contributed by atoms with Gasteiger partial charge in [-0.3, -0.25) is 4.98 Å². The topological polar surface area (TPSA) is 49.6 Å². The van der Waals surface area contributed by atoms with Gasteiger partial charge in [-0.05, 0) is 62.6 Å². The fourth-order valence-corrected chi connectivity index (χ4v) is 5.33. The molecule has 1 aromatic heterocycles. The Morgan fingerprint density at radius 3 is 2.65 bits per heavy atom. The molecule has 6 heteroatoms. The van der Waals surface area contributed by atoms with Crippen LogP contribution in [0.1, 0.15) is 28.8 Å². The van der Waals surface area contributed by atoms with Gasteiger partial charge in [0.25, 0.3) is 0 Å². The Balaban J connectivity index is 1.62. The molecule has 0 bridgehead atoms. The Bertz CT molecular complexity index is 1180. The van der Waals surface area contributed by atoms with Gasteiger partial charge in [0, 0.05) is 18.8 Å². The predicted molar refractivity (Wildman–Crippen MR) is 126 cm³/mol. The molecule has 1 atom stereocenters. The maximum Gasteiger partial charge on any atom is 0.210 e. The molecular weight excluding hydrogens is 404 g/mol. The molecule has 4 rings (SSSR count). The second-order valence-electron chi connectivity index (χ2n) is 7.82. The zero-order valence-corrected chi connectivity index (χ0v) is 18.9. The number of nitrogens with zero attached hydrogens (tertiary/aromatic N) is 3. The average Bonchev–Trinajstić information content (AvgIpc) is 2.78. The number of nitrogens with one attached hydrogen (secondary N) is 1. The van der Waals surface area contributed by atoms with Crippen molar-refractivity contribution in [1.82, 2.24) is 10.3 Å². The lowest BCUT2D eigenvalue weighted by Gasteiger charge is -2.34. The van der Waals surface area contributed by atoms with Gasteiger partial charge in [0.15, 0.2) is 5.03 Å². The quantitative estimate of drug-likeness (QED) is 0.423. The molecule has 0 saturated heterocycles. The van der Waals surface area contributed by atoms with Crippen molar-refractivity contribution in [1.29, 1.82) is 0 Å². The fraction of sp³-hybridized carbons (Fsp3) is 0.280. The number of aryl methyl sites for hydroxylation is 2. The lowest BCUT2D eigenvalue weighted by molar-refractivity contribution is 0.645. The zero-order chi connectivity index (χ0) is 22.0. The van der Waals surface area contributed by atoms with Crippen LogP contribution in [0.15, 0.2) is 58.5 Å². The lowest BCUT2D eigenvalue weighted by atomic mass is 10.1. The third-order valence-electron chi connectivity index (χ3n) is 5.76. The molecule has 0 saturated carbocycles. The maximum absolute atomic E-state index is 13.3. The molecule has 1 aliphatic rings. The van der Waals surface area contributed by atoms with Crippen molar-refractivity contribution in [3.63, 3.8) is 0 Å². The monoisotopic (exact) mass is 430 g/mol. The normalized spacial score (nSPS) is 14.6. The van der Waals surface area contributed by atoms with Gasteiger partial charge in [-0.1, -0.05) is 36.4 Å². The molecule has 0 aliphatic carbocycles. The van der Waals surface area contributed by atoms with Crippen molar-refractivity contribution in [2.24, 2.45) is 0 Å². The molecule has 158 valence electrons. The summed E-state index contributed by atoms with van der Waals surface area (Å²) >= 11 is 0.